The van der Waals surface area contributed by atoms with Crippen LogP contribution in [0.15, 0.2) is 18.3 Å². The van der Waals surface area contributed by atoms with Crippen LogP contribution in [0.1, 0.15) is 31.3 Å². The summed E-state index contributed by atoms with van der Waals surface area (Å²) in [6, 6.07) is 0.862. The fourth-order valence-electron chi connectivity index (χ4n) is 2.64. The minimum Gasteiger partial charge on any atom is -0.464 e. The predicted molar refractivity (Wildman–Crippen MR) is 90.6 cm³/mol. The fourth-order valence-corrected chi connectivity index (χ4v) is 2.64. The lowest BCUT2D eigenvalue weighted by molar-refractivity contribution is -0.181. The topological polar surface area (TPSA) is 72.0 Å². The molecule has 1 aromatic rings. The van der Waals surface area contributed by atoms with Crippen LogP contribution in [0.4, 0.5) is 23.7 Å². The Morgan fingerprint density at radius 3 is 2.33 bits per heavy atom. The maximum atomic E-state index is 13.5. The number of methoxy groups -OCH3 is 1. The molecule has 2 rings (SSSR count). The number of alkyl halides is 3. The van der Waals surface area contributed by atoms with Gasteiger partial charge in [0.25, 0.3) is 0 Å². The van der Waals surface area contributed by atoms with Gasteiger partial charge in [0.05, 0.1) is 19.0 Å². The molecule has 0 radical (unpaired) electrons. The van der Waals surface area contributed by atoms with E-state index in [0.29, 0.717) is 10.6 Å². The summed E-state index contributed by atoms with van der Waals surface area (Å²) in [7, 11) is 1.21. The van der Waals surface area contributed by atoms with Crippen LogP contribution in [0.25, 0.3) is 0 Å². The van der Waals surface area contributed by atoms with Crippen LogP contribution in [0.5, 0.6) is 0 Å². The lowest BCUT2D eigenvalue weighted by atomic mass is 10.1. The second-order valence-corrected chi connectivity index (χ2v) is 7.07. The molecule has 0 aromatic carbocycles. The number of ether oxygens (including phenoxy) is 2. The standard InChI is InChI=1S/C17H22F3N3O4/c1-16(2,3)27-15(25)23-8-7-22(10-13(23)17(18,19)20)11-5-6-12(21-9-11)14(24)26-4/h5-6,9,13H,7-8,10H2,1-4H3. The van der Waals surface area contributed by atoms with Crippen LogP contribution >= 0.6 is 0 Å². The Morgan fingerprint density at radius 1 is 1.19 bits per heavy atom. The summed E-state index contributed by atoms with van der Waals surface area (Å²) < 4.78 is 50.3. The zero-order valence-electron chi connectivity index (χ0n) is 15.5. The van der Waals surface area contributed by atoms with Crippen LogP contribution in [-0.4, -0.2) is 66.5 Å². The number of esters is 1. The summed E-state index contributed by atoms with van der Waals surface area (Å²) in [5, 5.41) is 0. The third kappa shape index (κ3) is 5.24. The average molecular weight is 389 g/mol. The highest BCUT2D eigenvalue weighted by Crippen LogP contribution is 2.31. The van der Waals surface area contributed by atoms with Crippen molar-refractivity contribution < 1.29 is 32.2 Å². The number of hydrogen-bond acceptors (Lipinski definition) is 6. The third-order valence-corrected chi connectivity index (χ3v) is 3.89. The van der Waals surface area contributed by atoms with Crippen molar-refractivity contribution in [3.05, 3.63) is 24.0 Å². The van der Waals surface area contributed by atoms with Crippen molar-refractivity contribution in [3.8, 4) is 0 Å². The van der Waals surface area contributed by atoms with E-state index in [1.54, 1.807) is 20.8 Å². The molecule has 0 aliphatic carbocycles. The average Bonchev–Trinajstić information content (AvgIpc) is 2.58. The van der Waals surface area contributed by atoms with E-state index >= 15 is 0 Å². The van der Waals surface area contributed by atoms with E-state index < -0.39 is 36.4 Å². The first-order chi connectivity index (χ1) is 12.4. The third-order valence-electron chi connectivity index (χ3n) is 3.89. The van der Waals surface area contributed by atoms with Gasteiger partial charge in [0.1, 0.15) is 17.3 Å². The number of rotatable bonds is 2. The lowest BCUT2D eigenvalue weighted by Gasteiger charge is -2.42. The van der Waals surface area contributed by atoms with E-state index in [1.807, 2.05) is 0 Å². The molecule has 0 saturated carbocycles. The van der Waals surface area contributed by atoms with Gasteiger partial charge in [0.15, 0.2) is 0 Å². The highest BCUT2D eigenvalue weighted by atomic mass is 19.4. The highest BCUT2D eigenvalue weighted by Gasteiger charge is 2.49. The molecule has 1 aliphatic heterocycles. The van der Waals surface area contributed by atoms with Gasteiger partial charge in [0, 0.05) is 19.6 Å². The molecule has 2 heterocycles. The Bertz CT molecular complexity index is 686. The number of hydrogen-bond donors (Lipinski definition) is 0. The van der Waals surface area contributed by atoms with Gasteiger partial charge in [-0.15, -0.1) is 0 Å². The van der Waals surface area contributed by atoms with Crippen LogP contribution in [0, 0.1) is 0 Å². The van der Waals surface area contributed by atoms with Crippen molar-refractivity contribution in [2.45, 2.75) is 38.6 Å². The quantitative estimate of drug-likeness (QED) is 0.725. The smallest absolute Gasteiger partial charge is 0.410 e. The summed E-state index contributed by atoms with van der Waals surface area (Å²) in [5.41, 5.74) is -0.417. The predicted octanol–water partition coefficient (Wildman–Crippen LogP) is 2.86. The maximum Gasteiger partial charge on any atom is 0.410 e. The van der Waals surface area contributed by atoms with E-state index in [1.165, 1.54) is 30.3 Å². The van der Waals surface area contributed by atoms with Crippen molar-refractivity contribution in [2.75, 3.05) is 31.6 Å². The molecule has 0 N–H and O–H groups in total. The Labute approximate surface area is 155 Å². The minimum atomic E-state index is -4.62. The molecule has 0 spiro atoms. The Kier molecular flexibility index (Phi) is 5.86. The van der Waals surface area contributed by atoms with Crippen LogP contribution in [-0.2, 0) is 9.47 Å². The van der Waals surface area contributed by atoms with Gasteiger partial charge in [-0.25, -0.2) is 14.6 Å². The maximum absolute atomic E-state index is 13.5. The molecule has 1 saturated heterocycles. The van der Waals surface area contributed by atoms with Crippen LogP contribution in [0.2, 0.25) is 0 Å². The SMILES string of the molecule is COC(=O)c1ccc(N2CCN(C(=O)OC(C)(C)C)C(C(F)(F)F)C2)cn1. The van der Waals surface area contributed by atoms with Gasteiger partial charge >= 0.3 is 18.2 Å². The van der Waals surface area contributed by atoms with Gasteiger partial charge in [-0.3, -0.25) is 4.90 Å². The van der Waals surface area contributed by atoms with Gasteiger partial charge in [0.2, 0.25) is 0 Å². The minimum absolute atomic E-state index is 0.0565. The largest absolute Gasteiger partial charge is 0.464 e. The zero-order chi connectivity index (χ0) is 20.4. The summed E-state index contributed by atoms with van der Waals surface area (Å²) in [4.78, 5) is 29.7. The number of halogens is 3. The summed E-state index contributed by atoms with van der Waals surface area (Å²) in [5.74, 6) is -0.635. The zero-order valence-corrected chi connectivity index (χ0v) is 15.5. The summed E-state index contributed by atoms with van der Waals surface area (Å²) >= 11 is 0. The highest BCUT2D eigenvalue weighted by molar-refractivity contribution is 5.87. The van der Waals surface area contributed by atoms with Crippen LogP contribution < -0.4 is 4.90 Å². The van der Waals surface area contributed by atoms with Crippen molar-refractivity contribution in [2.24, 2.45) is 0 Å². The van der Waals surface area contributed by atoms with Gasteiger partial charge in [-0.1, -0.05) is 0 Å². The van der Waals surface area contributed by atoms with Crippen molar-refractivity contribution in [1.82, 2.24) is 9.88 Å². The van der Waals surface area contributed by atoms with Gasteiger partial charge < -0.3 is 14.4 Å². The number of amides is 1. The number of nitrogens with zero attached hydrogens (tertiary/aromatic N) is 3. The second kappa shape index (κ2) is 7.61. The Hall–Kier alpha value is -2.52. The molecule has 0 bridgehead atoms. The fraction of sp³-hybridized carbons (Fsp3) is 0.588. The van der Waals surface area contributed by atoms with Gasteiger partial charge in [-0.2, -0.15) is 13.2 Å². The Morgan fingerprint density at radius 2 is 1.85 bits per heavy atom. The van der Waals surface area contributed by atoms with Crippen molar-refractivity contribution in [3.63, 3.8) is 0 Å². The molecule has 10 heteroatoms. The van der Waals surface area contributed by atoms with E-state index in [2.05, 4.69) is 9.72 Å². The molecule has 150 valence electrons. The molecule has 7 nitrogen and oxygen atoms in total. The molecular weight excluding hydrogens is 367 g/mol. The Balaban J connectivity index is 2.18. The molecule has 1 unspecified atom stereocenters. The molecule has 1 atom stereocenters. The van der Waals surface area contributed by atoms with E-state index in [0.717, 1.165) is 0 Å². The van der Waals surface area contributed by atoms with E-state index in [-0.39, 0.29) is 18.8 Å². The molecular formula is C17H22F3N3O4. The summed E-state index contributed by atoms with van der Waals surface area (Å²) in [6.45, 7) is 4.35. The number of aromatic nitrogens is 1. The molecule has 27 heavy (non-hydrogen) atoms. The lowest BCUT2D eigenvalue weighted by Crippen LogP contribution is -2.61. The summed E-state index contributed by atoms with van der Waals surface area (Å²) in [6.07, 6.45) is -4.30. The van der Waals surface area contributed by atoms with E-state index in [9.17, 15) is 22.8 Å². The molecule has 1 fully saturated rings. The number of anilines is 1. The number of pyridine rings is 1. The molecule has 1 amide bonds. The molecule has 1 aromatic heterocycles. The number of carbonyl (C=O) groups is 2. The van der Waals surface area contributed by atoms with Gasteiger partial charge in [-0.05, 0) is 32.9 Å². The first-order valence-electron chi connectivity index (χ1n) is 8.28. The number of carbonyl (C=O) groups excluding carboxylic acids is 2. The van der Waals surface area contributed by atoms with E-state index in [4.69, 9.17) is 4.74 Å². The van der Waals surface area contributed by atoms with Crippen molar-refractivity contribution >= 4 is 17.7 Å². The number of piperazine rings is 1. The first kappa shape index (κ1) is 20.8. The van der Waals surface area contributed by atoms with Crippen LogP contribution in [0.3, 0.4) is 0 Å². The second-order valence-electron chi connectivity index (χ2n) is 7.07. The normalized spacial score (nSPS) is 18.3. The molecule has 1 aliphatic rings. The monoisotopic (exact) mass is 389 g/mol. The van der Waals surface area contributed by atoms with Crippen molar-refractivity contribution in [1.29, 1.82) is 0 Å². The first-order valence-corrected chi connectivity index (χ1v) is 8.28.